The van der Waals surface area contributed by atoms with Crippen LogP contribution in [0.4, 0.5) is 5.82 Å². The molecule has 0 spiro atoms. The molecule has 1 aliphatic heterocycles. The molecule has 26 heavy (non-hydrogen) atoms. The first kappa shape index (κ1) is 18.2. The van der Waals surface area contributed by atoms with Crippen molar-refractivity contribution in [3.05, 3.63) is 53.6 Å². The highest BCUT2D eigenvalue weighted by molar-refractivity contribution is 5.92. The number of anilines is 1. The third-order valence-corrected chi connectivity index (χ3v) is 4.90. The molecule has 6 nitrogen and oxygen atoms in total. The van der Waals surface area contributed by atoms with Crippen LogP contribution in [-0.2, 0) is 14.9 Å². The van der Waals surface area contributed by atoms with E-state index in [1.807, 2.05) is 6.07 Å². The second-order valence-electron chi connectivity index (χ2n) is 6.36. The number of pyridine rings is 1. The van der Waals surface area contributed by atoms with Crippen LogP contribution >= 0.6 is 0 Å². The number of methoxy groups -OCH3 is 2. The third-order valence-electron chi connectivity index (χ3n) is 4.90. The van der Waals surface area contributed by atoms with Gasteiger partial charge < -0.3 is 19.5 Å². The van der Waals surface area contributed by atoms with Crippen molar-refractivity contribution in [1.82, 2.24) is 4.98 Å². The van der Waals surface area contributed by atoms with E-state index in [-0.39, 0.29) is 11.3 Å². The van der Waals surface area contributed by atoms with Crippen molar-refractivity contribution in [2.24, 2.45) is 0 Å². The van der Waals surface area contributed by atoms with Crippen LogP contribution in [0.2, 0.25) is 0 Å². The molecule has 3 rings (SSSR count). The molecule has 0 bridgehead atoms. The monoisotopic (exact) mass is 356 g/mol. The van der Waals surface area contributed by atoms with Gasteiger partial charge in [0.25, 0.3) is 0 Å². The highest BCUT2D eigenvalue weighted by Gasteiger charge is 2.34. The summed E-state index contributed by atoms with van der Waals surface area (Å²) in [7, 11) is 2.82. The molecule has 6 heteroatoms. The van der Waals surface area contributed by atoms with Crippen LogP contribution in [0, 0.1) is 0 Å². The Morgan fingerprint density at radius 2 is 1.88 bits per heavy atom. The maximum atomic E-state index is 11.8. The standard InChI is InChI=1S/C20H24N2O4/c1-24-18-16(19(23)25-2)8-9-17(22-18)21-14-20(10-12-26-13-11-20)15-6-4-3-5-7-15/h3-9H,10-14H2,1-2H3,(H,21,22). The smallest absolute Gasteiger partial charge is 0.343 e. The summed E-state index contributed by atoms with van der Waals surface area (Å²) in [6.07, 6.45) is 1.89. The fourth-order valence-electron chi connectivity index (χ4n) is 3.34. The van der Waals surface area contributed by atoms with Crippen molar-refractivity contribution in [2.75, 3.05) is 39.3 Å². The minimum absolute atomic E-state index is 0.00452. The van der Waals surface area contributed by atoms with Gasteiger partial charge in [-0.3, -0.25) is 0 Å². The predicted octanol–water partition coefficient (Wildman–Crippen LogP) is 3.04. The summed E-state index contributed by atoms with van der Waals surface area (Å²) in [4.78, 5) is 16.2. The molecule has 138 valence electrons. The van der Waals surface area contributed by atoms with Gasteiger partial charge in [0.1, 0.15) is 11.4 Å². The average molecular weight is 356 g/mol. The molecule has 1 aromatic carbocycles. The Labute approximate surface area is 153 Å². The molecular weight excluding hydrogens is 332 g/mol. The van der Waals surface area contributed by atoms with E-state index < -0.39 is 5.97 Å². The van der Waals surface area contributed by atoms with Gasteiger partial charge in [0.05, 0.1) is 14.2 Å². The van der Waals surface area contributed by atoms with Crippen molar-refractivity contribution >= 4 is 11.8 Å². The molecule has 1 fully saturated rings. The number of hydrogen-bond donors (Lipinski definition) is 1. The van der Waals surface area contributed by atoms with Crippen molar-refractivity contribution < 1.29 is 19.0 Å². The predicted molar refractivity (Wildman–Crippen MR) is 98.8 cm³/mol. The summed E-state index contributed by atoms with van der Waals surface area (Å²) in [6.45, 7) is 2.22. The van der Waals surface area contributed by atoms with Crippen molar-refractivity contribution in [3.63, 3.8) is 0 Å². The molecule has 0 saturated carbocycles. The topological polar surface area (TPSA) is 69.7 Å². The molecule has 1 aliphatic rings. The van der Waals surface area contributed by atoms with Gasteiger partial charge in [-0.25, -0.2) is 4.79 Å². The molecule has 0 radical (unpaired) electrons. The molecule has 0 atom stereocenters. The largest absolute Gasteiger partial charge is 0.480 e. The maximum absolute atomic E-state index is 11.8. The fraction of sp³-hybridized carbons (Fsp3) is 0.400. The Morgan fingerprint density at radius 1 is 1.15 bits per heavy atom. The Morgan fingerprint density at radius 3 is 2.54 bits per heavy atom. The fourth-order valence-corrected chi connectivity index (χ4v) is 3.34. The molecule has 2 aromatic rings. The zero-order valence-corrected chi connectivity index (χ0v) is 15.2. The lowest BCUT2D eigenvalue weighted by Gasteiger charge is -2.38. The number of carbonyl (C=O) groups is 1. The number of hydrogen-bond acceptors (Lipinski definition) is 6. The average Bonchev–Trinajstić information content (AvgIpc) is 2.72. The number of rotatable bonds is 6. The van der Waals surface area contributed by atoms with Crippen LogP contribution in [0.5, 0.6) is 5.88 Å². The quantitative estimate of drug-likeness (QED) is 0.803. The first-order valence-corrected chi connectivity index (χ1v) is 8.69. The summed E-state index contributed by atoms with van der Waals surface area (Å²) in [5, 5.41) is 3.41. The molecular formula is C20H24N2O4. The number of ether oxygens (including phenoxy) is 3. The van der Waals surface area contributed by atoms with Gasteiger partial charge in [0, 0.05) is 25.2 Å². The summed E-state index contributed by atoms with van der Waals surface area (Å²) >= 11 is 0. The minimum atomic E-state index is -0.467. The second kappa shape index (κ2) is 8.19. The zero-order valence-electron chi connectivity index (χ0n) is 15.2. The molecule has 0 aliphatic carbocycles. The first-order valence-electron chi connectivity index (χ1n) is 8.69. The van der Waals surface area contributed by atoms with Crippen molar-refractivity contribution in [1.29, 1.82) is 0 Å². The molecule has 1 N–H and O–H groups in total. The molecule has 2 heterocycles. The van der Waals surface area contributed by atoms with Gasteiger partial charge in [-0.05, 0) is 30.5 Å². The van der Waals surface area contributed by atoms with Gasteiger partial charge in [-0.15, -0.1) is 0 Å². The number of aromatic nitrogens is 1. The summed E-state index contributed by atoms with van der Waals surface area (Å²) < 4.78 is 15.6. The van der Waals surface area contributed by atoms with Crippen molar-refractivity contribution in [2.45, 2.75) is 18.3 Å². The second-order valence-corrected chi connectivity index (χ2v) is 6.36. The van der Waals surface area contributed by atoms with Gasteiger partial charge in [0.15, 0.2) is 0 Å². The highest BCUT2D eigenvalue weighted by Crippen LogP contribution is 2.35. The van der Waals surface area contributed by atoms with E-state index in [9.17, 15) is 4.79 Å². The third kappa shape index (κ3) is 3.80. The molecule has 0 unspecified atom stereocenters. The van der Waals surface area contributed by atoms with E-state index in [1.54, 1.807) is 12.1 Å². The Kier molecular flexibility index (Phi) is 5.73. The van der Waals surface area contributed by atoms with Gasteiger partial charge in [-0.2, -0.15) is 4.98 Å². The van der Waals surface area contributed by atoms with Crippen molar-refractivity contribution in [3.8, 4) is 5.88 Å². The number of esters is 1. The van der Waals surface area contributed by atoms with Gasteiger partial charge in [0.2, 0.25) is 5.88 Å². The van der Waals surface area contributed by atoms with E-state index in [0.29, 0.717) is 11.4 Å². The number of nitrogens with one attached hydrogen (secondary N) is 1. The molecule has 0 amide bonds. The first-order chi connectivity index (χ1) is 12.7. The van der Waals surface area contributed by atoms with Gasteiger partial charge in [-0.1, -0.05) is 30.3 Å². The van der Waals surface area contributed by atoms with Crippen LogP contribution in [0.1, 0.15) is 28.8 Å². The lowest BCUT2D eigenvalue weighted by atomic mass is 9.74. The van der Waals surface area contributed by atoms with E-state index in [4.69, 9.17) is 14.2 Å². The van der Waals surface area contributed by atoms with Crippen LogP contribution in [0.3, 0.4) is 0 Å². The van der Waals surface area contributed by atoms with Crippen LogP contribution < -0.4 is 10.1 Å². The van der Waals surface area contributed by atoms with E-state index in [2.05, 4.69) is 34.6 Å². The molecule has 1 aromatic heterocycles. The van der Waals surface area contributed by atoms with Gasteiger partial charge >= 0.3 is 5.97 Å². The summed E-state index contributed by atoms with van der Waals surface area (Å²) in [6, 6.07) is 13.9. The Bertz CT molecular complexity index is 743. The van der Waals surface area contributed by atoms with E-state index in [0.717, 1.165) is 32.6 Å². The lowest BCUT2D eigenvalue weighted by Crippen LogP contribution is -2.40. The Balaban J connectivity index is 1.80. The zero-order chi connectivity index (χ0) is 18.4. The van der Waals surface area contributed by atoms with Crippen LogP contribution in [0.15, 0.2) is 42.5 Å². The van der Waals surface area contributed by atoms with E-state index >= 15 is 0 Å². The molecule has 1 saturated heterocycles. The summed E-state index contributed by atoms with van der Waals surface area (Å²) in [5.74, 6) is 0.449. The lowest BCUT2D eigenvalue weighted by molar-refractivity contribution is 0.0543. The summed E-state index contributed by atoms with van der Waals surface area (Å²) in [5.41, 5.74) is 1.61. The van der Waals surface area contributed by atoms with Crippen LogP contribution in [-0.4, -0.2) is 44.9 Å². The minimum Gasteiger partial charge on any atom is -0.480 e. The number of nitrogens with zero attached hydrogens (tertiary/aromatic N) is 1. The SMILES string of the molecule is COC(=O)c1ccc(NCC2(c3ccccc3)CCOCC2)nc1OC. The number of carbonyl (C=O) groups excluding carboxylic acids is 1. The maximum Gasteiger partial charge on any atom is 0.343 e. The highest BCUT2D eigenvalue weighted by atomic mass is 16.5. The normalized spacial score (nSPS) is 15.9. The Hall–Kier alpha value is -2.60. The van der Waals surface area contributed by atoms with E-state index in [1.165, 1.54) is 19.8 Å². The van der Waals surface area contributed by atoms with Crippen LogP contribution in [0.25, 0.3) is 0 Å². The number of benzene rings is 1.